The summed E-state index contributed by atoms with van der Waals surface area (Å²) in [4.78, 5) is 21.2. The van der Waals surface area contributed by atoms with Crippen molar-refractivity contribution in [1.82, 2.24) is 19.9 Å². The Labute approximate surface area is 147 Å². The summed E-state index contributed by atoms with van der Waals surface area (Å²) in [6, 6.07) is 4.33. The van der Waals surface area contributed by atoms with E-state index in [1.54, 1.807) is 12.3 Å². The SMILES string of the molecule is CCC(=O)N1CCC[C@H]1[C@@H]1CCCN1Cc1nc(-c2ccco2)no1. The van der Waals surface area contributed by atoms with Crippen molar-refractivity contribution >= 4 is 5.91 Å². The molecule has 2 aromatic heterocycles. The molecule has 1 amide bonds. The summed E-state index contributed by atoms with van der Waals surface area (Å²) >= 11 is 0. The summed E-state index contributed by atoms with van der Waals surface area (Å²) in [7, 11) is 0. The molecule has 25 heavy (non-hydrogen) atoms. The largest absolute Gasteiger partial charge is 0.461 e. The van der Waals surface area contributed by atoms with Crippen LogP contribution in [0.1, 0.15) is 44.9 Å². The fraction of sp³-hybridized carbons (Fsp3) is 0.611. The zero-order valence-electron chi connectivity index (χ0n) is 14.6. The maximum Gasteiger partial charge on any atom is 0.241 e. The molecule has 4 rings (SSSR count). The number of rotatable bonds is 5. The topological polar surface area (TPSA) is 75.6 Å². The van der Waals surface area contributed by atoms with Crippen molar-refractivity contribution in [2.75, 3.05) is 13.1 Å². The first-order valence-electron chi connectivity index (χ1n) is 9.16. The quantitative estimate of drug-likeness (QED) is 0.830. The molecule has 4 heterocycles. The Morgan fingerprint density at radius 2 is 2.12 bits per heavy atom. The third-order valence-electron chi connectivity index (χ3n) is 5.33. The molecule has 2 aromatic rings. The Morgan fingerprint density at radius 1 is 1.28 bits per heavy atom. The molecule has 2 aliphatic rings. The molecule has 0 unspecified atom stereocenters. The van der Waals surface area contributed by atoms with Crippen molar-refractivity contribution in [2.24, 2.45) is 0 Å². The normalized spacial score (nSPS) is 24.3. The molecule has 2 aliphatic heterocycles. The van der Waals surface area contributed by atoms with Crippen molar-refractivity contribution < 1.29 is 13.7 Å². The van der Waals surface area contributed by atoms with E-state index in [1.165, 1.54) is 0 Å². The molecular weight excluding hydrogens is 320 g/mol. The first kappa shape index (κ1) is 16.3. The van der Waals surface area contributed by atoms with Crippen LogP contribution in [0.3, 0.4) is 0 Å². The smallest absolute Gasteiger partial charge is 0.241 e. The van der Waals surface area contributed by atoms with Gasteiger partial charge in [-0.1, -0.05) is 12.1 Å². The van der Waals surface area contributed by atoms with Gasteiger partial charge in [0, 0.05) is 25.0 Å². The minimum absolute atomic E-state index is 0.271. The fourth-order valence-electron chi connectivity index (χ4n) is 4.19. The maximum atomic E-state index is 12.2. The van der Waals surface area contributed by atoms with E-state index in [0.29, 0.717) is 42.5 Å². The molecule has 0 aliphatic carbocycles. The first-order chi connectivity index (χ1) is 12.3. The van der Waals surface area contributed by atoms with Gasteiger partial charge in [-0.2, -0.15) is 4.98 Å². The molecule has 0 bridgehead atoms. The predicted molar refractivity (Wildman–Crippen MR) is 90.5 cm³/mol. The van der Waals surface area contributed by atoms with Crippen molar-refractivity contribution in [3.63, 3.8) is 0 Å². The lowest BCUT2D eigenvalue weighted by atomic mass is 10.0. The summed E-state index contributed by atoms with van der Waals surface area (Å²) < 4.78 is 10.7. The van der Waals surface area contributed by atoms with E-state index in [-0.39, 0.29) is 5.91 Å². The number of furan rings is 1. The molecule has 0 saturated carbocycles. The molecule has 2 atom stereocenters. The van der Waals surface area contributed by atoms with Gasteiger partial charge in [0.2, 0.25) is 17.6 Å². The van der Waals surface area contributed by atoms with Gasteiger partial charge in [-0.05, 0) is 44.4 Å². The zero-order chi connectivity index (χ0) is 17.2. The Hall–Kier alpha value is -2.15. The maximum absolute atomic E-state index is 12.2. The Bertz CT molecular complexity index is 712. The van der Waals surface area contributed by atoms with Gasteiger partial charge in [0.15, 0.2) is 5.76 Å². The number of hydrogen-bond acceptors (Lipinski definition) is 6. The monoisotopic (exact) mass is 344 g/mol. The highest BCUT2D eigenvalue weighted by Gasteiger charge is 2.39. The molecule has 0 radical (unpaired) electrons. The third kappa shape index (κ3) is 3.20. The van der Waals surface area contributed by atoms with Gasteiger partial charge in [-0.25, -0.2) is 0 Å². The van der Waals surface area contributed by atoms with Gasteiger partial charge in [0.05, 0.1) is 12.8 Å². The van der Waals surface area contributed by atoms with Gasteiger partial charge in [0.25, 0.3) is 0 Å². The number of nitrogens with zero attached hydrogens (tertiary/aromatic N) is 4. The number of amides is 1. The van der Waals surface area contributed by atoms with Gasteiger partial charge >= 0.3 is 0 Å². The van der Waals surface area contributed by atoms with E-state index in [4.69, 9.17) is 8.94 Å². The molecule has 2 fully saturated rings. The Morgan fingerprint density at radius 3 is 2.92 bits per heavy atom. The fourth-order valence-corrected chi connectivity index (χ4v) is 4.19. The van der Waals surface area contributed by atoms with Crippen LogP contribution in [0.5, 0.6) is 0 Å². The van der Waals surface area contributed by atoms with Gasteiger partial charge < -0.3 is 13.8 Å². The standard InChI is InChI=1S/C18H24N4O3/c1-2-17(23)22-10-4-7-14(22)13-6-3-9-21(13)12-16-19-18(20-25-16)15-8-5-11-24-15/h5,8,11,13-14H,2-4,6-7,9-10,12H2,1H3/t13-,14-/m0/s1. The minimum Gasteiger partial charge on any atom is -0.461 e. The molecule has 0 N–H and O–H groups in total. The molecule has 134 valence electrons. The van der Waals surface area contributed by atoms with E-state index in [2.05, 4.69) is 19.9 Å². The van der Waals surface area contributed by atoms with E-state index in [1.807, 2.05) is 13.0 Å². The number of aromatic nitrogens is 2. The average molecular weight is 344 g/mol. The van der Waals surface area contributed by atoms with Crippen LogP contribution in [0.25, 0.3) is 11.6 Å². The van der Waals surface area contributed by atoms with Gasteiger partial charge in [-0.15, -0.1) is 0 Å². The minimum atomic E-state index is 0.271. The summed E-state index contributed by atoms with van der Waals surface area (Å²) in [6.07, 6.45) is 6.64. The van der Waals surface area contributed by atoms with Crippen molar-refractivity contribution in [1.29, 1.82) is 0 Å². The Balaban J connectivity index is 1.46. The van der Waals surface area contributed by atoms with E-state index < -0.39 is 0 Å². The number of hydrogen-bond donors (Lipinski definition) is 0. The van der Waals surface area contributed by atoms with Crippen molar-refractivity contribution in [2.45, 2.75) is 57.7 Å². The van der Waals surface area contributed by atoms with E-state index in [0.717, 1.165) is 38.8 Å². The summed E-state index contributed by atoms with van der Waals surface area (Å²) in [5.41, 5.74) is 0. The molecular formula is C18H24N4O3. The molecule has 0 spiro atoms. The molecule has 7 nitrogen and oxygen atoms in total. The highest BCUT2D eigenvalue weighted by Crippen LogP contribution is 2.31. The highest BCUT2D eigenvalue weighted by molar-refractivity contribution is 5.76. The van der Waals surface area contributed by atoms with Crippen LogP contribution >= 0.6 is 0 Å². The highest BCUT2D eigenvalue weighted by atomic mass is 16.5. The van der Waals surface area contributed by atoms with Crippen molar-refractivity contribution in [3.8, 4) is 11.6 Å². The summed E-state index contributed by atoms with van der Waals surface area (Å²) in [5.74, 6) is 1.97. The summed E-state index contributed by atoms with van der Waals surface area (Å²) in [6.45, 7) is 4.47. The van der Waals surface area contributed by atoms with Crippen molar-refractivity contribution in [3.05, 3.63) is 24.3 Å². The van der Waals surface area contributed by atoms with E-state index in [9.17, 15) is 4.79 Å². The average Bonchev–Trinajstić information content (AvgIpc) is 3.38. The second-order valence-electron chi connectivity index (χ2n) is 6.82. The number of carbonyl (C=O) groups excluding carboxylic acids is 1. The van der Waals surface area contributed by atoms with Crippen LogP contribution in [0.2, 0.25) is 0 Å². The predicted octanol–water partition coefficient (Wildman–Crippen LogP) is 2.70. The second-order valence-corrected chi connectivity index (χ2v) is 6.82. The van der Waals surface area contributed by atoms with Crippen LogP contribution in [0, 0.1) is 0 Å². The van der Waals surface area contributed by atoms with Crippen LogP contribution in [-0.2, 0) is 11.3 Å². The third-order valence-corrected chi connectivity index (χ3v) is 5.33. The van der Waals surface area contributed by atoms with Crippen LogP contribution in [0.15, 0.2) is 27.3 Å². The van der Waals surface area contributed by atoms with E-state index >= 15 is 0 Å². The lowest BCUT2D eigenvalue weighted by Gasteiger charge is -2.34. The second kappa shape index (κ2) is 7.00. The zero-order valence-corrected chi connectivity index (χ0v) is 14.6. The lowest BCUT2D eigenvalue weighted by molar-refractivity contribution is -0.132. The molecule has 0 aromatic carbocycles. The van der Waals surface area contributed by atoms with Crippen LogP contribution in [-0.4, -0.2) is 51.0 Å². The Kier molecular flexibility index (Phi) is 4.57. The van der Waals surface area contributed by atoms with Crippen LogP contribution in [0.4, 0.5) is 0 Å². The number of likely N-dealkylation sites (tertiary alicyclic amines) is 2. The first-order valence-corrected chi connectivity index (χ1v) is 9.16. The summed E-state index contributed by atoms with van der Waals surface area (Å²) in [5, 5.41) is 4.01. The van der Waals surface area contributed by atoms with Crippen LogP contribution < -0.4 is 0 Å². The molecule has 7 heteroatoms. The van der Waals surface area contributed by atoms with Gasteiger partial charge in [0.1, 0.15) is 0 Å². The number of carbonyl (C=O) groups is 1. The van der Waals surface area contributed by atoms with Gasteiger partial charge in [-0.3, -0.25) is 9.69 Å². The lowest BCUT2D eigenvalue weighted by Crippen LogP contribution is -2.47. The molecule has 2 saturated heterocycles.